The van der Waals surface area contributed by atoms with E-state index in [2.05, 4.69) is 10.1 Å². The van der Waals surface area contributed by atoms with E-state index in [-0.39, 0.29) is 11.9 Å². The lowest BCUT2D eigenvalue weighted by atomic mass is 10.3. The highest BCUT2D eigenvalue weighted by Crippen LogP contribution is 2.24. The van der Waals surface area contributed by atoms with Gasteiger partial charge in [-0.3, -0.25) is 13.9 Å². The molecule has 0 aliphatic carbocycles. The number of hydrogen-bond acceptors (Lipinski definition) is 4. The van der Waals surface area contributed by atoms with E-state index < -0.39 is 0 Å². The van der Waals surface area contributed by atoms with Crippen molar-refractivity contribution in [2.75, 3.05) is 13.1 Å². The zero-order valence-corrected chi connectivity index (χ0v) is 11.5. The van der Waals surface area contributed by atoms with Crippen molar-refractivity contribution in [2.45, 2.75) is 12.5 Å². The van der Waals surface area contributed by atoms with E-state index in [9.17, 15) is 4.79 Å². The molecule has 4 heterocycles. The maximum Gasteiger partial charge on any atom is 0.271 e. The molecule has 20 heavy (non-hydrogen) atoms. The molecule has 7 heteroatoms. The van der Waals surface area contributed by atoms with Crippen LogP contribution in [0.15, 0.2) is 36.4 Å². The molecule has 1 fully saturated rings. The minimum atomic E-state index is 0.0731. The molecule has 0 N–H and O–H groups in total. The molecule has 1 aliphatic rings. The Balaban J connectivity index is 1.57. The lowest BCUT2D eigenvalue weighted by molar-refractivity contribution is 0.0780. The van der Waals surface area contributed by atoms with Crippen molar-refractivity contribution in [1.29, 1.82) is 0 Å². The second-order valence-corrected chi connectivity index (χ2v) is 5.79. The number of rotatable bonds is 2. The summed E-state index contributed by atoms with van der Waals surface area (Å²) >= 11 is 1.54. The van der Waals surface area contributed by atoms with Crippen molar-refractivity contribution in [3.8, 4) is 0 Å². The van der Waals surface area contributed by atoms with E-state index in [0.717, 1.165) is 17.8 Å². The molecule has 1 amide bonds. The van der Waals surface area contributed by atoms with Crippen LogP contribution in [0.25, 0.3) is 4.83 Å². The molecule has 3 aromatic heterocycles. The third-order valence-electron chi connectivity index (χ3n) is 3.72. The smallest absolute Gasteiger partial charge is 0.271 e. The number of imidazole rings is 1. The standard InChI is InChI=1S/C13H13N5OS/c19-13(11-8-20-12-6-14-9-17(11)12)16-5-2-10(7-16)18-4-1-3-15-18/h1,3-4,6,8-10H,2,5,7H2. The lowest BCUT2D eigenvalue weighted by Gasteiger charge is -2.16. The summed E-state index contributed by atoms with van der Waals surface area (Å²) in [6.45, 7) is 1.49. The fourth-order valence-electron chi connectivity index (χ4n) is 2.68. The van der Waals surface area contributed by atoms with Gasteiger partial charge in [0, 0.05) is 30.9 Å². The Morgan fingerprint density at radius 1 is 1.45 bits per heavy atom. The zero-order chi connectivity index (χ0) is 13.5. The maximum absolute atomic E-state index is 12.6. The van der Waals surface area contributed by atoms with Crippen molar-refractivity contribution in [2.24, 2.45) is 0 Å². The molecule has 6 nitrogen and oxygen atoms in total. The van der Waals surface area contributed by atoms with Gasteiger partial charge in [-0.05, 0) is 12.5 Å². The number of fused-ring (bicyclic) bond motifs is 1. The molecule has 3 aromatic rings. The van der Waals surface area contributed by atoms with Crippen molar-refractivity contribution in [3.05, 3.63) is 42.1 Å². The number of thiazole rings is 1. The molecule has 102 valence electrons. The average molecular weight is 287 g/mol. The van der Waals surface area contributed by atoms with Crippen LogP contribution in [0, 0.1) is 0 Å². The van der Waals surface area contributed by atoms with Crippen LogP contribution in [0.4, 0.5) is 0 Å². The molecule has 1 atom stereocenters. The summed E-state index contributed by atoms with van der Waals surface area (Å²) in [4.78, 5) is 19.6. The number of carbonyl (C=O) groups is 1. The molecule has 0 bridgehead atoms. The zero-order valence-electron chi connectivity index (χ0n) is 10.7. The van der Waals surface area contributed by atoms with Crippen LogP contribution in [-0.2, 0) is 0 Å². The van der Waals surface area contributed by atoms with Gasteiger partial charge in [-0.25, -0.2) is 4.98 Å². The highest BCUT2D eigenvalue weighted by atomic mass is 32.1. The quantitative estimate of drug-likeness (QED) is 0.720. The Morgan fingerprint density at radius 3 is 3.25 bits per heavy atom. The molecule has 4 rings (SSSR count). The summed E-state index contributed by atoms with van der Waals surface area (Å²) in [5.41, 5.74) is 0.698. The van der Waals surface area contributed by atoms with E-state index in [4.69, 9.17) is 0 Å². The van der Waals surface area contributed by atoms with Gasteiger partial charge in [0.1, 0.15) is 16.9 Å². The molecule has 0 saturated carbocycles. The minimum Gasteiger partial charge on any atom is -0.335 e. The van der Waals surface area contributed by atoms with Gasteiger partial charge in [-0.15, -0.1) is 11.3 Å². The lowest BCUT2D eigenvalue weighted by Crippen LogP contribution is -2.30. The fraction of sp³-hybridized carbons (Fsp3) is 0.308. The van der Waals surface area contributed by atoms with Gasteiger partial charge in [-0.1, -0.05) is 0 Å². The Labute approximate surface area is 119 Å². The predicted molar refractivity (Wildman–Crippen MR) is 74.9 cm³/mol. The summed E-state index contributed by atoms with van der Waals surface area (Å²) in [5, 5.41) is 6.17. The molecule has 0 aromatic carbocycles. The topological polar surface area (TPSA) is 55.4 Å². The highest BCUT2D eigenvalue weighted by Gasteiger charge is 2.29. The van der Waals surface area contributed by atoms with E-state index in [1.165, 1.54) is 0 Å². The van der Waals surface area contributed by atoms with Crippen LogP contribution in [0.3, 0.4) is 0 Å². The van der Waals surface area contributed by atoms with Crippen LogP contribution < -0.4 is 0 Å². The van der Waals surface area contributed by atoms with Gasteiger partial charge in [0.15, 0.2) is 0 Å². The van der Waals surface area contributed by atoms with Gasteiger partial charge >= 0.3 is 0 Å². The summed E-state index contributed by atoms with van der Waals surface area (Å²) in [5.74, 6) is 0.0731. The van der Waals surface area contributed by atoms with Crippen molar-refractivity contribution in [3.63, 3.8) is 0 Å². The molecular formula is C13H13N5OS. The van der Waals surface area contributed by atoms with Crippen LogP contribution >= 0.6 is 11.3 Å². The van der Waals surface area contributed by atoms with Gasteiger partial charge in [0.2, 0.25) is 0 Å². The monoisotopic (exact) mass is 287 g/mol. The Hall–Kier alpha value is -2.15. The van der Waals surface area contributed by atoms with Gasteiger partial charge in [-0.2, -0.15) is 5.10 Å². The molecule has 1 saturated heterocycles. The van der Waals surface area contributed by atoms with Crippen molar-refractivity contribution >= 4 is 22.1 Å². The number of likely N-dealkylation sites (tertiary alicyclic amines) is 1. The van der Waals surface area contributed by atoms with Crippen molar-refractivity contribution in [1.82, 2.24) is 24.1 Å². The normalized spacial score (nSPS) is 19.0. The number of hydrogen-bond donors (Lipinski definition) is 0. The first-order valence-corrected chi connectivity index (χ1v) is 7.39. The second-order valence-electron chi connectivity index (χ2n) is 4.90. The summed E-state index contributed by atoms with van der Waals surface area (Å²) < 4.78 is 3.79. The van der Waals surface area contributed by atoms with Crippen LogP contribution in [-0.4, -0.2) is 43.1 Å². The fourth-order valence-corrected chi connectivity index (χ4v) is 3.51. The van der Waals surface area contributed by atoms with Crippen LogP contribution in [0.1, 0.15) is 23.0 Å². The first kappa shape index (κ1) is 11.7. The van der Waals surface area contributed by atoms with Gasteiger partial charge < -0.3 is 4.90 Å². The molecule has 0 radical (unpaired) electrons. The number of amides is 1. The van der Waals surface area contributed by atoms with Gasteiger partial charge in [0.05, 0.1) is 12.2 Å². The first-order valence-electron chi connectivity index (χ1n) is 6.51. The van der Waals surface area contributed by atoms with E-state index in [1.807, 2.05) is 31.6 Å². The predicted octanol–water partition coefficient (Wildman–Crippen LogP) is 1.68. The van der Waals surface area contributed by atoms with Crippen LogP contribution in [0.5, 0.6) is 0 Å². The molecule has 1 aliphatic heterocycles. The summed E-state index contributed by atoms with van der Waals surface area (Å²) in [6.07, 6.45) is 8.15. The minimum absolute atomic E-state index is 0.0731. The Morgan fingerprint density at radius 2 is 2.40 bits per heavy atom. The second kappa shape index (κ2) is 4.45. The third-order valence-corrected chi connectivity index (χ3v) is 4.61. The Kier molecular flexibility index (Phi) is 2.59. The van der Waals surface area contributed by atoms with Crippen molar-refractivity contribution < 1.29 is 4.79 Å². The van der Waals surface area contributed by atoms with Gasteiger partial charge in [0.25, 0.3) is 5.91 Å². The largest absolute Gasteiger partial charge is 0.335 e. The summed E-state index contributed by atoms with van der Waals surface area (Å²) in [7, 11) is 0. The van der Waals surface area contributed by atoms with Crippen LogP contribution in [0.2, 0.25) is 0 Å². The van der Waals surface area contributed by atoms with E-state index in [1.54, 1.807) is 30.1 Å². The highest BCUT2D eigenvalue weighted by molar-refractivity contribution is 7.15. The third kappa shape index (κ3) is 1.74. The molecule has 1 unspecified atom stereocenters. The SMILES string of the molecule is O=C(c1csc2cncn12)N1CCC(n2cccn2)C1. The first-order chi connectivity index (χ1) is 9.83. The number of aromatic nitrogens is 4. The Bertz CT molecular complexity index is 744. The molecule has 0 spiro atoms. The van der Waals surface area contributed by atoms with E-state index in [0.29, 0.717) is 12.2 Å². The number of nitrogens with zero attached hydrogens (tertiary/aromatic N) is 5. The molecular weight excluding hydrogens is 274 g/mol. The van der Waals surface area contributed by atoms with E-state index >= 15 is 0 Å². The maximum atomic E-state index is 12.6. The number of carbonyl (C=O) groups excluding carboxylic acids is 1. The average Bonchev–Trinajstić information content (AvgIpc) is 3.20. The summed E-state index contributed by atoms with van der Waals surface area (Å²) in [6, 6.07) is 2.20.